The molecule has 1 atom stereocenters. The van der Waals surface area contributed by atoms with Crippen molar-refractivity contribution in [3.8, 4) is 0 Å². The smallest absolute Gasteiger partial charge is 0.0193 e. The molecule has 0 spiro atoms. The first-order chi connectivity index (χ1) is 9.27. The molecule has 0 saturated heterocycles. The zero-order chi connectivity index (χ0) is 14.5. The monoisotopic (exact) mass is 262 g/mol. The highest BCUT2D eigenvalue weighted by molar-refractivity contribution is 5.25. The number of rotatable bonds is 8. The number of benzene rings is 1. The summed E-state index contributed by atoms with van der Waals surface area (Å²) < 4.78 is 0. The molecule has 0 aliphatic heterocycles. The van der Waals surface area contributed by atoms with Gasteiger partial charge in [-0.3, -0.25) is 0 Å². The lowest BCUT2D eigenvalue weighted by Crippen LogP contribution is -1.92. The van der Waals surface area contributed by atoms with Gasteiger partial charge in [-0.2, -0.15) is 0 Å². The first-order valence-electron chi connectivity index (χ1n) is 8.36. The van der Waals surface area contributed by atoms with Crippen LogP contribution < -0.4 is 0 Å². The molecule has 0 saturated carbocycles. The van der Waals surface area contributed by atoms with Crippen LogP contribution in [0.5, 0.6) is 0 Å². The second-order valence-electron chi connectivity index (χ2n) is 5.22. The maximum atomic E-state index is 2.32. The summed E-state index contributed by atoms with van der Waals surface area (Å²) in [6, 6.07) is 9.27. The molecule has 0 aliphatic rings. The van der Waals surface area contributed by atoms with Crippen LogP contribution in [-0.2, 0) is 6.42 Å². The number of aryl methyl sites for hydroxylation is 1. The molecule has 1 aromatic carbocycles. The Labute approximate surface area is 121 Å². The van der Waals surface area contributed by atoms with Crippen LogP contribution in [0.1, 0.15) is 90.2 Å². The van der Waals surface area contributed by atoms with E-state index in [0.717, 1.165) is 0 Å². The fourth-order valence-corrected chi connectivity index (χ4v) is 2.18. The lowest BCUT2D eigenvalue weighted by Gasteiger charge is -2.09. The van der Waals surface area contributed by atoms with Crippen molar-refractivity contribution in [2.24, 2.45) is 0 Å². The molecule has 0 nitrogen and oxygen atoms in total. The second-order valence-corrected chi connectivity index (χ2v) is 5.22. The lowest BCUT2D eigenvalue weighted by atomic mass is 9.96. The highest BCUT2D eigenvalue weighted by atomic mass is 14.1. The van der Waals surface area contributed by atoms with Crippen molar-refractivity contribution in [1.29, 1.82) is 0 Å². The molecule has 1 rings (SSSR count). The van der Waals surface area contributed by atoms with Crippen LogP contribution in [-0.4, -0.2) is 0 Å². The van der Waals surface area contributed by atoms with E-state index in [9.17, 15) is 0 Å². The van der Waals surface area contributed by atoms with Gasteiger partial charge in [-0.15, -0.1) is 0 Å². The van der Waals surface area contributed by atoms with Crippen LogP contribution >= 0.6 is 0 Å². The normalized spacial score (nSPS) is 11.6. The first-order valence-corrected chi connectivity index (χ1v) is 8.36. The van der Waals surface area contributed by atoms with E-state index in [1.54, 1.807) is 0 Å². The minimum atomic E-state index is 0.702. The van der Waals surface area contributed by atoms with Gasteiger partial charge in [0.25, 0.3) is 0 Å². The number of hydrogen-bond acceptors (Lipinski definition) is 0. The summed E-state index contributed by atoms with van der Waals surface area (Å²) in [4.78, 5) is 0. The Morgan fingerprint density at radius 3 is 1.95 bits per heavy atom. The average molecular weight is 262 g/mol. The van der Waals surface area contributed by atoms with Gasteiger partial charge in [-0.05, 0) is 36.3 Å². The van der Waals surface area contributed by atoms with Gasteiger partial charge >= 0.3 is 0 Å². The Bertz CT molecular complexity index is 283. The molecule has 0 aliphatic carbocycles. The molecule has 0 fully saturated rings. The number of unbranched alkanes of at least 4 members (excludes halogenated alkanes) is 4. The lowest BCUT2D eigenvalue weighted by molar-refractivity contribution is 0.632. The maximum Gasteiger partial charge on any atom is -0.0193 e. The second kappa shape index (κ2) is 12.3. The van der Waals surface area contributed by atoms with Crippen LogP contribution in [0.3, 0.4) is 0 Å². The van der Waals surface area contributed by atoms with E-state index in [-0.39, 0.29) is 0 Å². The third-order valence-electron chi connectivity index (χ3n) is 3.73. The molecular weight excluding hydrogens is 228 g/mol. The van der Waals surface area contributed by atoms with Crippen LogP contribution in [0.2, 0.25) is 0 Å². The summed E-state index contributed by atoms with van der Waals surface area (Å²) in [6.45, 7) is 10.8. The Morgan fingerprint density at radius 1 is 0.842 bits per heavy atom. The van der Waals surface area contributed by atoms with Crippen molar-refractivity contribution < 1.29 is 0 Å². The predicted molar refractivity (Wildman–Crippen MR) is 89.0 cm³/mol. The van der Waals surface area contributed by atoms with Crippen LogP contribution in [0.25, 0.3) is 0 Å². The average Bonchev–Trinajstić information content (AvgIpc) is 2.49. The summed E-state index contributed by atoms with van der Waals surface area (Å²) in [6.07, 6.45) is 9.36. The maximum absolute atomic E-state index is 2.32. The summed E-state index contributed by atoms with van der Waals surface area (Å²) in [7, 11) is 0. The molecule has 19 heavy (non-hydrogen) atoms. The van der Waals surface area contributed by atoms with E-state index in [1.165, 1.54) is 56.1 Å². The van der Waals surface area contributed by atoms with E-state index in [2.05, 4.69) is 45.0 Å². The van der Waals surface area contributed by atoms with Gasteiger partial charge in [-0.25, -0.2) is 0 Å². The molecule has 1 unspecified atom stereocenters. The molecule has 0 bridgehead atoms. The zero-order valence-electron chi connectivity index (χ0n) is 13.8. The molecule has 0 N–H and O–H groups in total. The Balaban J connectivity index is 0.00000154. The Kier molecular flexibility index (Phi) is 11.8. The van der Waals surface area contributed by atoms with Gasteiger partial charge in [0.05, 0.1) is 0 Å². The Hall–Kier alpha value is -0.780. The van der Waals surface area contributed by atoms with Gasteiger partial charge in [0.1, 0.15) is 0 Å². The number of hydrogen-bond donors (Lipinski definition) is 0. The van der Waals surface area contributed by atoms with Crippen LogP contribution in [0.4, 0.5) is 0 Å². The van der Waals surface area contributed by atoms with Crippen molar-refractivity contribution in [2.75, 3.05) is 0 Å². The van der Waals surface area contributed by atoms with Crippen molar-refractivity contribution >= 4 is 0 Å². The van der Waals surface area contributed by atoms with Gasteiger partial charge in [0.15, 0.2) is 0 Å². The summed E-state index contributed by atoms with van der Waals surface area (Å²) in [5, 5.41) is 0. The fourth-order valence-electron chi connectivity index (χ4n) is 2.18. The van der Waals surface area contributed by atoms with Crippen molar-refractivity contribution in [2.45, 2.75) is 85.5 Å². The quantitative estimate of drug-likeness (QED) is 0.455. The van der Waals surface area contributed by atoms with Gasteiger partial charge in [0.2, 0.25) is 0 Å². The van der Waals surface area contributed by atoms with Crippen LogP contribution in [0.15, 0.2) is 24.3 Å². The molecule has 0 aromatic heterocycles. The highest BCUT2D eigenvalue weighted by Crippen LogP contribution is 2.19. The van der Waals surface area contributed by atoms with E-state index in [4.69, 9.17) is 0 Å². The molecule has 0 amide bonds. The van der Waals surface area contributed by atoms with Crippen molar-refractivity contribution in [1.82, 2.24) is 0 Å². The van der Waals surface area contributed by atoms with Crippen molar-refractivity contribution in [3.05, 3.63) is 35.4 Å². The van der Waals surface area contributed by atoms with E-state index in [0.29, 0.717) is 5.92 Å². The minimum absolute atomic E-state index is 0.702. The van der Waals surface area contributed by atoms with Gasteiger partial charge < -0.3 is 0 Å². The Morgan fingerprint density at radius 2 is 1.42 bits per heavy atom. The summed E-state index contributed by atoms with van der Waals surface area (Å²) >= 11 is 0. The topological polar surface area (TPSA) is 0 Å². The third-order valence-corrected chi connectivity index (χ3v) is 3.73. The molecular formula is C19H34. The predicted octanol–water partition coefficient (Wildman–Crippen LogP) is 6.74. The van der Waals surface area contributed by atoms with Gasteiger partial charge in [0, 0.05) is 0 Å². The SMILES string of the molecule is CC.CCCCCCCc1ccc(C(C)CC)cc1. The molecule has 0 radical (unpaired) electrons. The molecule has 0 heteroatoms. The van der Waals surface area contributed by atoms with E-state index in [1.807, 2.05) is 13.8 Å². The van der Waals surface area contributed by atoms with E-state index < -0.39 is 0 Å². The summed E-state index contributed by atoms with van der Waals surface area (Å²) in [5.74, 6) is 0.702. The van der Waals surface area contributed by atoms with Gasteiger partial charge in [-0.1, -0.05) is 84.6 Å². The highest BCUT2D eigenvalue weighted by Gasteiger charge is 2.02. The fraction of sp³-hybridized carbons (Fsp3) is 0.684. The standard InChI is InChI=1S/C17H28.C2H6/c1-4-6-7-8-9-10-16-11-13-17(14-12-16)15(3)5-2;1-2/h11-15H,4-10H2,1-3H3;1-2H3. The molecule has 0 heterocycles. The summed E-state index contributed by atoms with van der Waals surface area (Å²) in [5.41, 5.74) is 3.00. The van der Waals surface area contributed by atoms with E-state index >= 15 is 0 Å². The zero-order valence-corrected chi connectivity index (χ0v) is 13.8. The van der Waals surface area contributed by atoms with Crippen LogP contribution in [0, 0.1) is 0 Å². The molecule has 110 valence electrons. The van der Waals surface area contributed by atoms with Crippen molar-refractivity contribution in [3.63, 3.8) is 0 Å². The third kappa shape index (κ3) is 8.08. The minimum Gasteiger partial charge on any atom is -0.0683 e. The molecule has 1 aromatic rings. The largest absolute Gasteiger partial charge is 0.0683 e. The first kappa shape index (κ1) is 18.2.